The van der Waals surface area contributed by atoms with Gasteiger partial charge in [0.15, 0.2) is 0 Å². The third kappa shape index (κ3) is 3.92. The van der Waals surface area contributed by atoms with Crippen LogP contribution in [0.3, 0.4) is 0 Å². The van der Waals surface area contributed by atoms with Crippen LogP contribution in [0.15, 0.2) is 42.6 Å². The van der Waals surface area contributed by atoms with Crippen molar-refractivity contribution in [3.63, 3.8) is 0 Å². The van der Waals surface area contributed by atoms with Crippen molar-refractivity contribution < 1.29 is 9.53 Å². The first-order valence-electron chi connectivity index (χ1n) is 6.74. The van der Waals surface area contributed by atoms with Crippen LogP contribution in [0.4, 0.5) is 0 Å². The molecule has 20 heavy (non-hydrogen) atoms. The second-order valence-electron chi connectivity index (χ2n) is 4.85. The molecule has 0 aliphatic heterocycles. The van der Waals surface area contributed by atoms with Crippen molar-refractivity contribution in [2.24, 2.45) is 0 Å². The second kappa shape index (κ2) is 6.85. The molecule has 3 nitrogen and oxygen atoms in total. The van der Waals surface area contributed by atoms with E-state index in [1.54, 1.807) is 13.3 Å². The van der Waals surface area contributed by atoms with Crippen molar-refractivity contribution >= 4 is 5.78 Å². The number of ketones is 1. The maximum atomic E-state index is 12.1. The van der Waals surface area contributed by atoms with Crippen LogP contribution < -0.4 is 4.74 Å². The normalized spacial score (nSPS) is 10.3. The van der Waals surface area contributed by atoms with Gasteiger partial charge in [0.1, 0.15) is 11.5 Å². The summed E-state index contributed by atoms with van der Waals surface area (Å²) in [5, 5.41) is 0. The largest absolute Gasteiger partial charge is 0.496 e. The Morgan fingerprint density at radius 1 is 1.25 bits per heavy atom. The molecule has 0 N–H and O–H groups in total. The molecule has 0 aliphatic rings. The molecule has 1 aromatic heterocycles. The molecular formula is C17H19NO2. The number of carbonyl (C=O) groups is 1. The Bertz CT molecular complexity index is 579. The van der Waals surface area contributed by atoms with Gasteiger partial charge in [-0.15, -0.1) is 0 Å². The number of aromatic nitrogens is 1. The highest BCUT2D eigenvalue weighted by atomic mass is 16.5. The highest BCUT2D eigenvalue weighted by Gasteiger charge is 2.09. The van der Waals surface area contributed by atoms with Crippen molar-refractivity contribution in [3.05, 3.63) is 59.4 Å². The Morgan fingerprint density at radius 2 is 2.10 bits per heavy atom. The summed E-state index contributed by atoms with van der Waals surface area (Å²) in [6.07, 6.45) is 3.36. The maximum absolute atomic E-state index is 12.1. The molecule has 104 valence electrons. The van der Waals surface area contributed by atoms with Gasteiger partial charge < -0.3 is 4.74 Å². The summed E-state index contributed by atoms with van der Waals surface area (Å²) < 4.78 is 5.30. The van der Waals surface area contributed by atoms with Gasteiger partial charge in [-0.2, -0.15) is 0 Å². The zero-order chi connectivity index (χ0) is 14.4. The fourth-order valence-corrected chi connectivity index (χ4v) is 2.16. The summed E-state index contributed by atoms with van der Waals surface area (Å²) in [5.41, 5.74) is 3.05. The summed E-state index contributed by atoms with van der Waals surface area (Å²) in [6.45, 7) is 2.02. The highest BCUT2D eigenvalue weighted by molar-refractivity contribution is 5.81. The average Bonchev–Trinajstić information content (AvgIpc) is 2.46. The van der Waals surface area contributed by atoms with Crippen molar-refractivity contribution in [2.45, 2.75) is 26.2 Å². The van der Waals surface area contributed by atoms with Gasteiger partial charge in [-0.25, -0.2) is 0 Å². The number of hydrogen-bond acceptors (Lipinski definition) is 3. The number of pyridine rings is 1. The van der Waals surface area contributed by atoms with Gasteiger partial charge in [0.25, 0.3) is 0 Å². The van der Waals surface area contributed by atoms with E-state index in [4.69, 9.17) is 4.74 Å². The van der Waals surface area contributed by atoms with Crippen LogP contribution in [0.25, 0.3) is 0 Å². The van der Waals surface area contributed by atoms with Crippen molar-refractivity contribution in [1.82, 2.24) is 4.98 Å². The minimum absolute atomic E-state index is 0.208. The van der Waals surface area contributed by atoms with Crippen molar-refractivity contribution in [2.75, 3.05) is 7.11 Å². The molecule has 2 rings (SSSR count). The molecule has 0 unspecified atom stereocenters. The molecule has 0 bridgehead atoms. The van der Waals surface area contributed by atoms with E-state index in [1.807, 2.05) is 43.3 Å². The molecular weight excluding hydrogens is 250 g/mol. The predicted octanol–water partition coefficient (Wildman–Crippen LogP) is 3.14. The first-order chi connectivity index (χ1) is 9.69. The number of benzene rings is 1. The minimum atomic E-state index is 0.208. The molecule has 0 aliphatic carbocycles. The Hall–Kier alpha value is -2.16. The molecule has 0 atom stereocenters. The number of carbonyl (C=O) groups excluding carboxylic acids is 1. The Morgan fingerprint density at radius 3 is 2.80 bits per heavy atom. The molecule has 0 saturated heterocycles. The van der Waals surface area contributed by atoms with E-state index < -0.39 is 0 Å². The zero-order valence-corrected chi connectivity index (χ0v) is 11.9. The minimum Gasteiger partial charge on any atom is -0.496 e. The van der Waals surface area contributed by atoms with Crippen LogP contribution in [0, 0.1) is 6.92 Å². The monoisotopic (exact) mass is 269 g/mol. The van der Waals surface area contributed by atoms with Crippen molar-refractivity contribution in [1.29, 1.82) is 0 Å². The molecule has 1 heterocycles. The van der Waals surface area contributed by atoms with Gasteiger partial charge in [0, 0.05) is 30.3 Å². The number of rotatable bonds is 6. The maximum Gasteiger partial charge on any atom is 0.137 e. The lowest BCUT2D eigenvalue weighted by molar-refractivity contribution is -0.118. The number of ether oxygens (including phenoxy) is 1. The third-order valence-electron chi connectivity index (χ3n) is 3.21. The van der Waals surface area contributed by atoms with Crippen LogP contribution in [0.2, 0.25) is 0 Å². The first kappa shape index (κ1) is 14.3. The van der Waals surface area contributed by atoms with Gasteiger partial charge >= 0.3 is 0 Å². The number of Topliss-reactive ketones (excluding diaryl/α,β-unsaturated/α-hetero) is 1. The molecule has 0 amide bonds. The summed E-state index contributed by atoms with van der Waals surface area (Å²) in [6, 6.07) is 11.7. The molecule has 0 saturated carbocycles. The molecule has 0 spiro atoms. The van der Waals surface area contributed by atoms with Crippen molar-refractivity contribution in [3.8, 4) is 5.75 Å². The number of aryl methyl sites for hydroxylation is 2. The van der Waals surface area contributed by atoms with Gasteiger partial charge in [0.05, 0.1) is 7.11 Å². The lowest BCUT2D eigenvalue weighted by atomic mass is 10.0. The smallest absolute Gasteiger partial charge is 0.137 e. The fraction of sp³-hybridized carbons (Fsp3) is 0.294. The predicted molar refractivity (Wildman–Crippen MR) is 79.0 cm³/mol. The van der Waals surface area contributed by atoms with E-state index in [-0.39, 0.29) is 5.78 Å². The molecule has 1 aromatic carbocycles. The summed E-state index contributed by atoms with van der Waals surface area (Å²) in [4.78, 5) is 16.3. The molecule has 0 radical (unpaired) electrons. The van der Waals surface area contributed by atoms with Crippen LogP contribution in [0.1, 0.15) is 23.2 Å². The van der Waals surface area contributed by atoms with Crippen LogP contribution in [-0.2, 0) is 17.6 Å². The molecule has 3 heteroatoms. The van der Waals surface area contributed by atoms with Gasteiger partial charge in [-0.3, -0.25) is 9.78 Å². The topological polar surface area (TPSA) is 39.2 Å². The van der Waals surface area contributed by atoms with Gasteiger partial charge in [-0.05, 0) is 31.5 Å². The fourth-order valence-electron chi connectivity index (χ4n) is 2.16. The van der Waals surface area contributed by atoms with E-state index in [1.165, 1.54) is 0 Å². The number of hydrogen-bond donors (Lipinski definition) is 0. The van der Waals surface area contributed by atoms with E-state index in [9.17, 15) is 4.79 Å². The summed E-state index contributed by atoms with van der Waals surface area (Å²) >= 11 is 0. The van der Waals surface area contributed by atoms with Crippen LogP contribution in [0.5, 0.6) is 5.75 Å². The number of methoxy groups -OCH3 is 1. The first-order valence-corrected chi connectivity index (χ1v) is 6.74. The van der Waals surface area contributed by atoms with E-state index in [0.717, 1.165) is 22.6 Å². The molecule has 2 aromatic rings. The second-order valence-corrected chi connectivity index (χ2v) is 4.85. The SMILES string of the molecule is COc1ccc(C)cc1CC(=O)CCc1ccccn1. The highest BCUT2D eigenvalue weighted by Crippen LogP contribution is 2.20. The third-order valence-corrected chi connectivity index (χ3v) is 3.21. The Balaban J connectivity index is 1.96. The van der Waals surface area contributed by atoms with E-state index >= 15 is 0 Å². The van der Waals surface area contributed by atoms with Crippen LogP contribution >= 0.6 is 0 Å². The van der Waals surface area contributed by atoms with Gasteiger partial charge in [0.2, 0.25) is 0 Å². The Kier molecular flexibility index (Phi) is 4.88. The zero-order valence-electron chi connectivity index (χ0n) is 11.9. The summed E-state index contributed by atoms with van der Waals surface area (Å²) in [5.74, 6) is 0.987. The lowest BCUT2D eigenvalue weighted by Crippen LogP contribution is -2.06. The van der Waals surface area contributed by atoms with Crippen LogP contribution in [-0.4, -0.2) is 17.9 Å². The van der Waals surface area contributed by atoms with E-state index in [0.29, 0.717) is 19.3 Å². The standard InChI is InChI=1S/C17H19NO2/c1-13-6-9-17(20-2)14(11-13)12-16(19)8-7-15-5-3-4-10-18-15/h3-6,9-11H,7-8,12H2,1-2H3. The average molecular weight is 269 g/mol. The summed E-state index contributed by atoms with van der Waals surface area (Å²) in [7, 11) is 1.63. The molecule has 0 fully saturated rings. The van der Waals surface area contributed by atoms with Gasteiger partial charge in [-0.1, -0.05) is 23.8 Å². The Labute approximate surface area is 119 Å². The lowest BCUT2D eigenvalue weighted by Gasteiger charge is -2.09. The number of nitrogens with zero attached hydrogens (tertiary/aromatic N) is 1. The quantitative estimate of drug-likeness (QED) is 0.808. The van der Waals surface area contributed by atoms with E-state index in [2.05, 4.69) is 4.98 Å².